The molecule has 1 aliphatic rings. The molecule has 2 heterocycles. The van der Waals surface area contributed by atoms with Crippen LogP contribution in [0.5, 0.6) is 11.5 Å². The molecule has 1 saturated heterocycles. The smallest absolute Gasteiger partial charge is 0.410 e. The lowest BCUT2D eigenvalue weighted by atomic mass is 10.1. The standard InChI is InChI=1S/C27H34N4O4/c1-18(19-9-7-6-8-10-19)30-25-21-15-24(23(33-5)16-22(21)28-17-29-25)34-20-11-13-31(14-12-20)26(32)35-27(2,3)4/h6-10,15-18,20H,11-14H2,1-5H3,(H,28,29,30)/t18-/m1/s1. The van der Waals surface area contributed by atoms with E-state index >= 15 is 0 Å². The summed E-state index contributed by atoms with van der Waals surface area (Å²) in [6, 6.07) is 14.1. The van der Waals surface area contributed by atoms with Gasteiger partial charge in [-0.3, -0.25) is 0 Å². The Morgan fingerprint density at radius 2 is 1.80 bits per heavy atom. The molecule has 0 bridgehead atoms. The van der Waals surface area contributed by atoms with Gasteiger partial charge in [-0.2, -0.15) is 0 Å². The molecule has 0 saturated carbocycles. The van der Waals surface area contributed by atoms with Crippen molar-refractivity contribution in [2.45, 2.75) is 58.3 Å². The average molecular weight is 479 g/mol. The minimum atomic E-state index is -0.505. The van der Waals surface area contributed by atoms with Gasteiger partial charge in [0.25, 0.3) is 0 Å². The Hall–Kier alpha value is -3.55. The molecule has 1 aromatic heterocycles. The first-order valence-electron chi connectivity index (χ1n) is 12.0. The van der Waals surface area contributed by atoms with Gasteiger partial charge < -0.3 is 24.4 Å². The quantitative estimate of drug-likeness (QED) is 0.494. The molecule has 1 atom stereocenters. The van der Waals surface area contributed by atoms with Crippen molar-refractivity contribution < 1.29 is 19.0 Å². The first-order chi connectivity index (χ1) is 16.7. The number of methoxy groups -OCH3 is 1. The number of hydrogen-bond donors (Lipinski definition) is 1. The van der Waals surface area contributed by atoms with E-state index < -0.39 is 5.60 Å². The molecule has 8 heteroatoms. The normalized spacial score (nSPS) is 15.5. The summed E-state index contributed by atoms with van der Waals surface area (Å²) in [5.41, 5.74) is 1.43. The first kappa shape index (κ1) is 24.6. The highest BCUT2D eigenvalue weighted by Gasteiger charge is 2.28. The van der Waals surface area contributed by atoms with E-state index in [9.17, 15) is 4.79 Å². The fraction of sp³-hybridized carbons (Fsp3) is 0.444. The van der Waals surface area contributed by atoms with Crippen LogP contribution in [0.1, 0.15) is 52.1 Å². The number of carbonyl (C=O) groups is 1. The summed E-state index contributed by atoms with van der Waals surface area (Å²) in [6.45, 7) is 8.89. The van der Waals surface area contributed by atoms with Crippen molar-refractivity contribution in [3.05, 3.63) is 54.4 Å². The Bertz CT molecular complexity index is 1160. The molecule has 1 amide bonds. The summed E-state index contributed by atoms with van der Waals surface area (Å²) in [7, 11) is 1.62. The van der Waals surface area contributed by atoms with Crippen LogP contribution in [0.2, 0.25) is 0 Å². The second kappa shape index (κ2) is 10.4. The molecule has 0 radical (unpaired) electrons. The number of aromatic nitrogens is 2. The van der Waals surface area contributed by atoms with Gasteiger partial charge in [0.05, 0.1) is 12.6 Å². The maximum absolute atomic E-state index is 12.4. The van der Waals surface area contributed by atoms with Gasteiger partial charge in [-0.1, -0.05) is 30.3 Å². The van der Waals surface area contributed by atoms with Crippen molar-refractivity contribution in [2.24, 2.45) is 0 Å². The third-order valence-electron chi connectivity index (χ3n) is 5.96. The molecule has 2 aromatic carbocycles. The largest absolute Gasteiger partial charge is 0.493 e. The Morgan fingerprint density at radius 1 is 1.09 bits per heavy atom. The zero-order chi connectivity index (χ0) is 25.0. The molecule has 0 spiro atoms. The number of carbonyl (C=O) groups excluding carboxylic acids is 1. The zero-order valence-electron chi connectivity index (χ0n) is 21.1. The monoisotopic (exact) mass is 478 g/mol. The lowest BCUT2D eigenvalue weighted by Gasteiger charge is -2.33. The molecule has 186 valence electrons. The van der Waals surface area contributed by atoms with Crippen LogP contribution in [-0.4, -0.2) is 52.9 Å². The summed E-state index contributed by atoms with van der Waals surface area (Å²) in [4.78, 5) is 23.0. The van der Waals surface area contributed by atoms with Gasteiger partial charge in [-0.15, -0.1) is 0 Å². The van der Waals surface area contributed by atoms with Gasteiger partial charge in [0.2, 0.25) is 0 Å². The van der Waals surface area contributed by atoms with Crippen LogP contribution in [0.25, 0.3) is 10.9 Å². The Labute approximate surface area is 206 Å². The number of fused-ring (bicyclic) bond motifs is 1. The van der Waals surface area contributed by atoms with Gasteiger partial charge in [0, 0.05) is 43.4 Å². The molecule has 35 heavy (non-hydrogen) atoms. The molecule has 1 aliphatic heterocycles. The van der Waals surface area contributed by atoms with Crippen LogP contribution >= 0.6 is 0 Å². The van der Waals surface area contributed by atoms with E-state index in [1.54, 1.807) is 18.3 Å². The summed E-state index contributed by atoms with van der Waals surface area (Å²) < 4.78 is 17.5. The second-order valence-corrected chi connectivity index (χ2v) is 9.80. The lowest BCUT2D eigenvalue weighted by molar-refractivity contribution is 0.0124. The highest BCUT2D eigenvalue weighted by Crippen LogP contribution is 2.36. The van der Waals surface area contributed by atoms with Crippen molar-refractivity contribution in [3.63, 3.8) is 0 Å². The van der Waals surface area contributed by atoms with Crippen molar-refractivity contribution in [1.82, 2.24) is 14.9 Å². The average Bonchev–Trinajstić information content (AvgIpc) is 2.84. The SMILES string of the molecule is COc1cc2ncnc(N[C@H](C)c3ccccc3)c2cc1OC1CCN(C(=O)OC(C)(C)C)CC1. The van der Waals surface area contributed by atoms with E-state index in [-0.39, 0.29) is 18.2 Å². The first-order valence-corrected chi connectivity index (χ1v) is 12.0. The number of anilines is 1. The minimum absolute atomic E-state index is 0.0377. The Kier molecular flexibility index (Phi) is 7.28. The molecule has 3 aromatic rings. The molecule has 1 N–H and O–H groups in total. The van der Waals surface area contributed by atoms with Crippen LogP contribution in [0.4, 0.5) is 10.6 Å². The van der Waals surface area contributed by atoms with E-state index in [0.29, 0.717) is 37.4 Å². The van der Waals surface area contributed by atoms with E-state index in [2.05, 4.69) is 34.3 Å². The number of hydrogen-bond acceptors (Lipinski definition) is 7. The second-order valence-electron chi connectivity index (χ2n) is 9.80. The number of likely N-dealkylation sites (tertiary alicyclic amines) is 1. The van der Waals surface area contributed by atoms with E-state index in [1.165, 1.54) is 5.56 Å². The number of nitrogens with zero attached hydrogens (tertiary/aromatic N) is 3. The summed E-state index contributed by atoms with van der Waals surface area (Å²) in [5, 5.41) is 4.36. The summed E-state index contributed by atoms with van der Waals surface area (Å²) >= 11 is 0. The minimum Gasteiger partial charge on any atom is -0.493 e. The molecule has 1 fully saturated rings. The number of amides is 1. The van der Waals surface area contributed by atoms with Gasteiger partial charge in [0.15, 0.2) is 11.5 Å². The predicted molar refractivity (Wildman–Crippen MR) is 136 cm³/mol. The molecular weight excluding hydrogens is 444 g/mol. The van der Waals surface area contributed by atoms with Gasteiger partial charge in [-0.25, -0.2) is 14.8 Å². The van der Waals surface area contributed by atoms with Crippen molar-refractivity contribution in [2.75, 3.05) is 25.5 Å². The van der Waals surface area contributed by atoms with Crippen molar-refractivity contribution in [1.29, 1.82) is 0 Å². The topological polar surface area (TPSA) is 85.8 Å². The number of ether oxygens (including phenoxy) is 3. The van der Waals surface area contributed by atoms with Crippen LogP contribution in [0.15, 0.2) is 48.8 Å². The molecule has 8 nitrogen and oxygen atoms in total. The fourth-order valence-corrected chi connectivity index (χ4v) is 4.12. The van der Waals surface area contributed by atoms with Gasteiger partial charge in [-0.05, 0) is 39.3 Å². The van der Waals surface area contributed by atoms with Crippen LogP contribution < -0.4 is 14.8 Å². The number of rotatable bonds is 6. The molecular formula is C27H34N4O4. The van der Waals surface area contributed by atoms with E-state index in [4.69, 9.17) is 14.2 Å². The third kappa shape index (κ3) is 6.12. The van der Waals surface area contributed by atoms with Crippen LogP contribution in [0.3, 0.4) is 0 Å². The van der Waals surface area contributed by atoms with Gasteiger partial charge >= 0.3 is 6.09 Å². The Balaban J connectivity index is 1.50. The van der Waals surface area contributed by atoms with E-state index in [1.807, 2.05) is 51.1 Å². The fourth-order valence-electron chi connectivity index (χ4n) is 4.12. The van der Waals surface area contributed by atoms with Crippen LogP contribution in [0, 0.1) is 0 Å². The highest BCUT2D eigenvalue weighted by atomic mass is 16.6. The highest BCUT2D eigenvalue weighted by molar-refractivity contribution is 5.91. The predicted octanol–water partition coefficient (Wildman–Crippen LogP) is 5.59. The van der Waals surface area contributed by atoms with Crippen molar-refractivity contribution >= 4 is 22.8 Å². The maximum Gasteiger partial charge on any atom is 0.410 e. The lowest BCUT2D eigenvalue weighted by Crippen LogP contribution is -2.44. The molecule has 0 aliphatic carbocycles. The van der Waals surface area contributed by atoms with Crippen LogP contribution in [-0.2, 0) is 4.74 Å². The maximum atomic E-state index is 12.4. The number of nitrogens with one attached hydrogen (secondary N) is 1. The molecule has 4 rings (SSSR count). The van der Waals surface area contributed by atoms with Gasteiger partial charge in [0.1, 0.15) is 23.9 Å². The van der Waals surface area contributed by atoms with E-state index in [0.717, 1.165) is 16.7 Å². The third-order valence-corrected chi connectivity index (χ3v) is 5.96. The van der Waals surface area contributed by atoms with Crippen molar-refractivity contribution in [3.8, 4) is 11.5 Å². The Morgan fingerprint density at radius 3 is 2.46 bits per heavy atom. The zero-order valence-corrected chi connectivity index (χ0v) is 21.1. The molecule has 0 unspecified atom stereocenters. The number of piperidine rings is 1. The summed E-state index contributed by atoms with van der Waals surface area (Å²) in [6.07, 6.45) is 2.65. The number of benzene rings is 2. The summed E-state index contributed by atoms with van der Waals surface area (Å²) in [5.74, 6) is 1.99.